The number of sulfonamides is 1. The summed E-state index contributed by atoms with van der Waals surface area (Å²) in [6.07, 6.45) is 3.95. The Morgan fingerprint density at radius 2 is 2.13 bits per heavy atom. The summed E-state index contributed by atoms with van der Waals surface area (Å²) < 4.78 is 33.0. The number of hydrogen-bond acceptors (Lipinski definition) is 6. The number of carbonyl (C=O) groups excluding carboxylic acids is 1. The van der Waals surface area contributed by atoms with Crippen molar-refractivity contribution in [1.29, 1.82) is 0 Å². The van der Waals surface area contributed by atoms with Gasteiger partial charge in [0.1, 0.15) is 12.2 Å². The van der Waals surface area contributed by atoms with Crippen LogP contribution in [0.2, 0.25) is 25.7 Å². The number of nitrogens with zero attached hydrogens (tertiary/aromatic N) is 4. The minimum atomic E-state index is -3.23. The smallest absolute Gasteiger partial charge is 0.320 e. The maximum Gasteiger partial charge on any atom is 0.320 e. The van der Waals surface area contributed by atoms with Crippen molar-refractivity contribution in [3.8, 4) is 0 Å². The molecule has 10 nitrogen and oxygen atoms in total. The van der Waals surface area contributed by atoms with Crippen LogP contribution in [0.1, 0.15) is 13.3 Å². The standard InChI is InChI=1S/C19H32N6O4SSi/c1-5-30(27,28)25-9-6-15(13-25)21-19(26)23-17-12-20-18-16(22-17)7-8-24(18)14-29-10-11-31(2,3)4/h7-8,12,15H,5-6,9-11,13-14H2,1-4H3,(H2,21,22,23,26)/t15-/m1/s1. The number of nitrogens with one attached hydrogen (secondary N) is 2. The van der Waals surface area contributed by atoms with Crippen LogP contribution in [0.25, 0.3) is 11.2 Å². The van der Waals surface area contributed by atoms with Crippen molar-refractivity contribution < 1.29 is 17.9 Å². The summed E-state index contributed by atoms with van der Waals surface area (Å²) in [5.41, 5.74) is 1.35. The van der Waals surface area contributed by atoms with Gasteiger partial charge in [-0.05, 0) is 25.5 Å². The Morgan fingerprint density at radius 1 is 1.35 bits per heavy atom. The van der Waals surface area contributed by atoms with Gasteiger partial charge in [0.05, 0.1) is 11.9 Å². The highest BCUT2D eigenvalue weighted by atomic mass is 32.2. The Kier molecular flexibility index (Phi) is 7.34. The van der Waals surface area contributed by atoms with E-state index in [0.29, 0.717) is 36.7 Å². The zero-order valence-electron chi connectivity index (χ0n) is 18.6. The van der Waals surface area contributed by atoms with E-state index in [1.54, 1.807) is 6.92 Å². The summed E-state index contributed by atoms with van der Waals surface area (Å²) in [6.45, 7) is 10.4. The summed E-state index contributed by atoms with van der Waals surface area (Å²) in [4.78, 5) is 21.2. The van der Waals surface area contributed by atoms with Crippen LogP contribution in [0.5, 0.6) is 0 Å². The average molecular weight is 469 g/mol. The van der Waals surface area contributed by atoms with E-state index < -0.39 is 24.1 Å². The van der Waals surface area contributed by atoms with Crippen LogP contribution in [0, 0.1) is 0 Å². The number of carbonyl (C=O) groups is 1. The van der Waals surface area contributed by atoms with Crippen molar-refractivity contribution in [1.82, 2.24) is 24.2 Å². The summed E-state index contributed by atoms with van der Waals surface area (Å²) in [6, 6.07) is 2.28. The molecular formula is C19H32N6O4SSi. The van der Waals surface area contributed by atoms with Crippen LogP contribution >= 0.6 is 0 Å². The molecule has 0 radical (unpaired) electrons. The van der Waals surface area contributed by atoms with E-state index >= 15 is 0 Å². The second-order valence-corrected chi connectivity index (χ2v) is 16.8. The molecule has 0 unspecified atom stereocenters. The molecule has 2 amide bonds. The monoisotopic (exact) mass is 468 g/mol. The first kappa shape index (κ1) is 23.6. The van der Waals surface area contributed by atoms with Crippen LogP contribution in [-0.2, 0) is 21.5 Å². The molecule has 172 valence electrons. The molecule has 0 bridgehead atoms. The molecule has 2 aromatic heterocycles. The molecular weight excluding hydrogens is 436 g/mol. The van der Waals surface area contributed by atoms with Gasteiger partial charge in [-0.1, -0.05) is 19.6 Å². The zero-order chi connectivity index (χ0) is 22.6. The second-order valence-electron chi connectivity index (χ2n) is 8.94. The molecule has 0 aromatic carbocycles. The minimum absolute atomic E-state index is 0.0600. The quantitative estimate of drug-likeness (QED) is 0.431. The minimum Gasteiger partial charge on any atom is -0.361 e. The van der Waals surface area contributed by atoms with Crippen molar-refractivity contribution in [2.75, 3.05) is 30.8 Å². The van der Waals surface area contributed by atoms with Gasteiger partial charge < -0.3 is 14.6 Å². The number of fused-ring (bicyclic) bond motifs is 1. The lowest BCUT2D eigenvalue weighted by Gasteiger charge is -2.16. The number of amides is 2. The summed E-state index contributed by atoms with van der Waals surface area (Å²) in [7, 11) is -4.36. The molecule has 3 heterocycles. The average Bonchev–Trinajstić information content (AvgIpc) is 3.31. The van der Waals surface area contributed by atoms with E-state index in [4.69, 9.17) is 4.74 Å². The molecule has 1 atom stereocenters. The molecule has 0 spiro atoms. The van der Waals surface area contributed by atoms with E-state index in [-0.39, 0.29) is 18.3 Å². The number of hydrogen-bond donors (Lipinski definition) is 2. The van der Waals surface area contributed by atoms with Crippen molar-refractivity contribution in [3.63, 3.8) is 0 Å². The lowest BCUT2D eigenvalue weighted by molar-refractivity contribution is 0.0899. The largest absolute Gasteiger partial charge is 0.361 e. The van der Waals surface area contributed by atoms with E-state index in [1.165, 1.54) is 10.5 Å². The first-order chi connectivity index (χ1) is 14.6. The van der Waals surface area contributed by atoms with E-state index in [0.717, 1.165) is 12.7 Å². The molecule has 2 aromatic rings. The fourth-order valence-electron chi connectivity index (χ4n) is 3.29. The van der Waals surface area contributed by atoms with Gasteiger partial charge in [0.15, 0.2) is 11.5 Å². The van der Waals surface area contributed by atoms with Crippen LogP contribution in [0.4, 0.5) is 10.6 Å². The van der Waals surface area contributed by atoms with Crippen LogP contribution in [0.15, 0.2) is 18.5 Å². The highest BCUT2D eigenvalue weighted by molar-refractivity contribution is 7.89. The molecule has 1 aliphatic heterocycles. The van der Waals surface area contributed by atoms with Crippen LogP contribution in [0.3, 0.4) is 0 Å². The van der Waals surface area contributed by atoms with E-state index in [9.17, 15) is 13.2 Å². The summed E-state index contributed by atoms with van der Waals surface area (Å²) in [5, 5.41) is 5.49. The van der Waals surface area contributed by atoms with Crippen molar-refractivity contribution in [3.05, 3.63) is 18.5 Å². The lowest BCUT2D eigenvalue weighted by Crippen LogP contribution is -2.41. The third kappa shape index (κ3) is 6.48. The Morgan fingerprint density at radius 3 is 2.84 bits per heavy atom. The molecule has 2 N–H and O–H groups in total. The predicted molar refractivity (Wildman–Crippen MR) is 123 cm³/mol. The molecule has 0 aliphatic carbocycles. The van der Waals surface area contributed by atoms with Gasteiger partial charge in [-0.25, -0.2) is 23.2 Å². The van der Waals surface area contributed by atoms with Crippen LogP contribution in [-0.4, -0.2) is 72.9 Å². The van der Waals surface area contributed by atoms with Crippen molar-refractivity contribution in [2.45, 2.75) is 51.8 Å². The fourth-order valence-corrected chi connectivity index (χ4v) is 5.20. The molecule has 1 aliphatic rings. The Bertz CT molecular complexity index is 1020. The van der Waals surface area contributed by atoms with Gasteiger partial charge in [0, 0.05) is 40.0 Å². The van der Waals surface area contributed by atoms with Gasteiger partial charge in [0.2, 0.25) is 10.0 Å². The number of urea groups is 1. The number of anilines is 1. The van der Waals surface area contributed by atoms with Gasteiger partial charge in [-0.3, -0.25) is 5.32 Å². The van der Waals surface area contributed by atoms with Gasteiger partial charge in [0.25, 0.3) is 0 Å². The highest BCUT2D eigenvalue weighted by Crippen LogP contribution is 2.16. The summed E-state index contributed by atoms with van der Waals surface area (Å²) in [5.74, 6) is 0.392. The van der Waals surface area contributed by atoms with Gasteiger partial charge in [-0.2, -0.15) is 4.31 Å². The summed E-state index contributed by atoms with van der Waals surface area (Å²) >= 11 is 0. The maximum atomic E-state index is 12.3. The number of ether oxygens (including phenoxy) is 1. The second kappa shape index (κ2) is 9.63. The van der Waals surface area contributed by atoms with Crippen molar-refractivity contribution >= 4 is 41.1 Å². The zero-order valence-corrected chi connectivity index (χ0v) is 20.4. The first-order valence-electron chi connectivity index (χ1n) is 10.5. The maximum absolute atomic E-state index is 12.3. The first-order valence-corrected chi connectivity index (χ1v) is 15.8. The van der Waals surface area contributed by atoms with E-state index in [2.05, 4.69) is 40.2 Å². The fraction of sp³-hybridized carbons (Fsp3) is 0.632. The highest BCUT2D eigenvalue weighted by Gasteiger charge is 2.31. The molecule has 12 heteroatoms. The van der Waals surface area contributed by atoms with Crippen molar-refractivity contribution in [2.24, 2.45) is 0 Å². The molecule has 1 fully saturated rings. The normalized spacial score (nSPS) is 17.9. The van der Waals surface area contributed by atoms with Gasteiger partial charge >= 0.3 is 6.03 Å². The molecule has 1 saturated heterocycles. The van der Waals surface area contributed by atoms with Crippen LogP contribution < -0.4 is 10.6 Å². The number of aromatic nitrogens is 3. The van der Waals surface area contributed by atoms with Gasteiger partial charge in [-0.15, -0.1) is 0 Å². The predicted octanol–water partition coefficient (Wildman–Crippen LogP) is 2.29. The molecule has 31 heavy (non-hydrogen) atoms. The Hall–Kier alpha value is -2.02. The number of rotatable bonds is 9. The third-order valence-corrected chi connectivity index (χ3v) is 8.73. The molecule has 0 saturated carbocycles. The van der Waals surface area contributed by atoms with E-state index in [1.807, 2.05) is 16.8 Å². The lowest BCUT2D eigenvalue weighted by atomic mass is 10.3. The molecule has 3 rings (SSSR count). The SMILES string of the molecule is CCS(=O)(=O)N1CC[C@@H](NC(=O)Nc2cnc3c(ccn3COCC[Si](C)(C)C)n2)C1. The Balaban J connectivity index is 1.52. The third-order valence-electron chi connectivity index (χ3n) is 5.18. The topological polar surface area (TPSA) is 118 Å². The Labute approximate surface area is 184 Å².